The Bertz CT molecular complexity index is 2000. The van der Waals surface area contributed by atoms with Crippen molar-refractivity contribution in [1.29, 1.82) is 0 Å². The molecule has 0 aliphatic carbocycles. The van der Waals surface area contributed by atoms with Crippen molar-refractivity contribution >= 4 is 68.6 Å². The predicted octanol–water partition coefficient (Wildman–Crippen LogP) is 8.55. The van der Waals surface area contributed by atoms with E-state index in [1.54, 1.807) is 67.6 Å². The third-order valence-corrected chi connectivity index (χ3v) is 8.81. The van der Waals surface area contributed by atoms with E-state index in [1.165, 1.54) is 23.9 Å². The van der Waals surface area contributed by atoms with Crippen LogP contribution in [0.4, 0.5) is 17.1 Å². The Morgan fingerprint density at radius 3 is 2.23 bits per heavy atom. The largest absolute Gasteiger partial charge is 0.324 e. The van der Waals surface area contributed by atoms with Crippen LogP contribution in [-0.2, 0) is 9.59 Å². The van der Waals surface area contributed by atoms with Gasteiger partial charge in [-0.1, -0.05) is 88.7 Å². The summed E-state index contributed by atoms with van der Waals surface area (Å²) in [4.78, 5) is 51.9. The Labute approximate surface area is 289 Å². The van der Waals surface area contributed by atoms with Gasteiger partial charge in [0.2, 0.25) is 5.91 Å². The second kappa shape index (κ2) is 15.9. The lowest BCUT2D eigenvalue weighted by Crippen LogP contribution is -2.30. The molecule has 240 valence electrons. The highest BCUT2D eigenvalue weighted by Gasteiger charge is 2.24. The zero-order valence-corrected chi connectivity index (χ0v) is 28.0. The molecule has 3 amide bonds. The standard InChI is InChI=1S/C37H29BrN4O5S/c1-24-18-19-30(42(46)47)23-32(24)40-37(45)34(26-11-4-2-5-12-26)48-31-17-9-16-29(22-31)39-36(44)33(21-25-10-8-15-28(38)20-25)41-35(43)27-13-6-3-7-14-27/h2-23,34H,1H3,(H,39,44)(H,40,45)(H,41,43)/b33-21+. The van der Waals surface area contributed by atoms with Crippen molar-refractivity contribution in [2.75, 3.05) is 10.6 Å². The van der Waals surface area contributed by atoms with E-state index in [1.807, 2.05) is 60.7 Å². The molecule has 0 saturated heterocycles. The van der Waals surface area contributed by atoms with Gasteiger partial charge in [-0.15, -0.1) is 11.8 Å². The van der Waals surface area contributed by atoms with E-state index >= 15 is 0 Å². The summed E-state index contributed by atoms with van der Waals surface area (Å²) in [6.07, 6.45) is 1.59. The number of amides is 3. The quantitative estimate of drug-likeness (QED) is 0.0543. The third-order valence-electron chi connectivity index (χ3n) is 7.06. The van der Waals surface area contributed by atoms with Gasteiger partial charge in [0.1, 0.15) is 10.9 Å². The predicted molar refractivity (Wildman–Crippen MR) is 193 cm³/mol. The summed E-state index contributed by atoms with van der Waals surface area (Å²) < 4.78 is 0.813. The van der Waals surface area contributed by atoms with Crippen LogP contribution in [0.5, 0.6) is 0 Å². The van der Waals surface area contributed by atoms with Crippen molar-refractivity contribution < 1.29 is 19.3 Å². The van der Waals surface area contributed by atoms with Crippen molar-refractivity contribution in [2.24, 2.45) is 0 Å². The lowest BCUT2D eigenvalue weighted by Gasteiger charge is -2.18. The Hall–Kier alpha value is -5.52. The van der Waals surface area contributed by atoms with Crippen molar-refractivity contribution in [3.05, 3.63) is 170 Å². The second-order valence-corrected chi connectivity index (χ2v) is 12.7. The SMILES string of the molecule is Cc1ccc([N+](=O)[O-])cc1NC(=O)C(Sc1cccc(NC(=O)/C(=C\c2cccc(Br)c2)NC(=O)c2ccccc2)c1)c1ccccc1. The summed E-state index contributed by atoms with van der Waals surface area (Å²) in [6, 6.07) is 36.4. The molecule has 0 radical (unpaired) electrons. The molecule has 5 rings (SSSR count). The molecule has 0 fully saturated rings. The molecule has 0 saturated carbocycles. The number of non-ortho nitro benzene ring substituents is 1. The molecule has 0 spiro atoms. The minimum Gasteiger partial charge on any atom is -0.324 e. The zero-order chi connectivity index (χ0) is 34.0. The summed E-state index contributed by atoms with van der Waals surface area (Å²) >= 11 is 4.70. The monoisotopic (exact) mass is 720 g/mol. The van der Waals surface area contributed by atoms with Crippen LogP contribution in [0, 0.1) is 17.0 Å². The van der Waals surface area contributed by atoms with Crippen molar-refractivity contribution in [3.8, 4) is 0 Å². The average Bonchev–Trinajstić information content (AvgIpc) is 3.08. The van der Waals surface area contributed by atoms with Crippen LogP contribution < -0.4 is 16.0 Å². The Balaban J connectivity index is 1.39. The van der Waals surface area contributed by atoms with E-state index in [4.69, 9.17) is 0 Å². The minimum atomic E-state index is -0.729. The summed E-state index contributed by atoms with van der Waals surface area (Å²) in [7, 11) is 0. The van der Waals surface area contributed by atoms with Gasteiger partial charge < -0.3 is 16.0 Å². The lowest BCUT2D eigenvalue weighted by atomic mass is 10.1. The summed E-state index contributed by atoms with van der Waals surface area (Å²) in [5, 5.41) is 19.1. The van der Waals surface area contributed by atoms with Crippen molar-refractivity contribution in [1.82, 2.24) is 5.32 Å². The van der Waals surface area contributed by atoms with Crippen molar-refractivity contribution in [3.63, 3.8) is 0 Å². The van der Waals surface area contributed by atoms with Crippen LogP contribution in [0.3, 0.4) is 0 Å². The van der Waals surface area contributed by atoms with Gasteiger partial charge >= 0.3 is 0 Å². The smallest absolute Gasteiger partial charge is 0.272 e. The molecule has 1 atom stereocenters. The van der Waals surface area contributed by atoms with Crippen LogP contribution in [-0.4, -0.2) is 22.6 Å². The summed E-state index contributed by atoms with van der Waals surface area (Å²) in [5.74, 6) is -1.35. The van der Waals surface area contributed by atoms with Gasteiger partial charge in [0, 0.05) is 32.8 Å². The zero-order valence-electron chi connectivity index (χ0n) is 25.6. The van der Waals surface area contributed by atoms with E-state index in [9.17, 15) is 24.5 Å². The molecule has 9 nitrogen and oxygen atoms in total. The fourth-order valence-electron chi connectivity index (χ4n) is 4.64. The molecular weight excluding hydrogens is 692 g/mol. The van der Waals surface area contributed by atoms with Crippen LogP contribution in [0.25, 0.3) is 6.08 Å². The van der Waals surface area contributed by atoms with Gasteiger partial charge in [-0.3, -0.25) is 24.5 Å². The number of thioether (sulfide) groups is 1. The van der Waals surface area contributed by atoms with Gasteiger partial charge in [-0.05, 0) is 72.2 Å². The van der Waals surface area contributed by atoms with E-state index in [-0.39, 0.29) is 17.3 Å². The first-order chi connectivity index (χ1) is 23.2. The number of hydrogen-bond acceptors (Lipinski definition) is 6. The van der Waals surface area contributed by atoms with Gasteiger partial charge in [0.05, 0.1) is 10.6 Å². The van der Waals surface area contributed by atoms with E-state index in [0.29, 0.717) is 33.0 Å². The Morgan fingerprint density at radius 1 is 0.812 bits per heavy atom. The van der Waals surface area contributed by atoms with E-state index in [0.717, 1.165) is 10.0 Å². The first-order valence-corrected chi connectivity index (χ1v) is 16.4. The normalized spacial score (nSPS) is 11.7. The second-order valence-electron chi connectivity index (χ2n) is 10.6. The maximum atomic E-state index is 13.7. The number of anilines is 2. The number of hydrogen-bond donors (Lipinski definition) is 3. The highest BCUT2D eigenvalue weighted by atomic mass is 79.9. The first kappa shape index (κ1) is 33.8. The maximum absolute atomic E-state index is 13.7. The Morgan fingerprint density at radius 2 is 1.52 bits per heavy atom. The number of carbonyl (C=O) groups is 3. The van der Waals surface area contributed by atoms with E-state index in [2.05, 4.69) is 31.9 Å². The summed E-state index contributed by atoms with van der Waals surface area (Å²) in [6.45, 7) is 1.76. The number of nitro benzene ring substituents is 1. The maximum Gasteiger partial charge on any atom is 0.272 e. The lowest BCUT2D eigenvalue weighted by molar-refractivity contribution is -0.384. The van der Waals surface area contributed by atoms with Gasteiger partial charge in [0.15, 0.2) is 0 Å². The van der Waals surface area contributed by atoms with Gasteiger partial charge in [0.25, 0.3) is 17.5 Å². The molecule has 0 heterocycles. The van der Waals surface area contributed by atoms with Gasteiger partial charge in [-0.25, -0.2) is 0 Å². The Kier molecular flexibility index (Phi) is 11.2. The van der Waals surface area contributed by atoms with E-state index < -0.39 is 22.0 Å². The number of halogens is 1. The average molecular weight is 722 g/mol. The molecule has 0 bridgehead atoms. The van der Waals surface area contributed by atoms with Crippen LogP contribution in [0.1, 0.15) is 32.3 Å². The topological polar surface area (TPSA) is 130 Å². The third kappa shape index (κ3) is 9.05. The number of benzene rings is 5. The first-order valence-electron chi connectivity index (χ1n) is 14.7. The molecule has 1 unspecified atom stereocenters. The fraction of sp³-hybridized carbons (Fsp3) is 0.0541. The number of rotatable bonds is 11. The highest BCUT2D eigenvalue weighted by Crippen LogP contribution is 2.38. The fourth-order valence-corrected chi connectivity index (χ4v) is 6.14. The molecule has 48 heavy (non-hydrogen) atoms. The highest BCUT2D eigenvalue weighted by molar-refractivity contribution is 9.10. The molecule has 0 aliphatic heterocycles. The minimum absolute atomic E-state index is 0.0360. The number of carbonyl (C=O) groups excluding carboxylic acids is 3. The van der Waals surface area contributed by atoms with Crippen LogP contribution >= 0.6 is 27.7 Å². The molecule has 5 aromatic carbocycles. The number of aryl methyl sites for hydroxylation is 1. The molecule has 0 aromatic heterocycles. The van der Waals surface area contributed by atoms with Crippen molar-refractivity contribution in [2.45, 2.75) is 17.1 Å². The van der Waals surface area contributed by atoms with Crippen LogP contribution in [0.15, 0.2) is 142 Å². The molecule has 5 aromatic rings. The number of nitrogens with zero attached hydrogens (tertiary/aromatic N) is 1. The van der Waals surface area contributed by atoms with Crippen LogP contribution in [0.2, 0.25) is 0 Å². The molecule has 3 N–H and O–H groups in total. The molecule has 11 heteroatoms. The number of nitro groups is 1. The number of nitrogens with one attached hydrogen (secondary N) is 3. The summed E-state index contributed by atoms with van der Waals surface area (Å²) in [5.41, 5.74) is 3.20. The molecular formula is C37H29BrN4O5S. The molecule has 0 aliphatic rings. The van der Waals surface area contributed by atoms with Gasteiger partial charge in [-0.2, -0.15) is 0 Å².